The highest BCUT2D eigenvalue weighted by atomic mass is 16.5. The number of ether oxygens (including phenoxy) is 1. The second kappa shape index (κ2) is 8.49. The number of hydrogen-bond donors (Lipinski definition) is 1. The molecule has 2 heterocycles. The maximum absolute atomic E-state index is 12.6. The smallest absolute Gasteiger partial charge is 0.412 e. The van der Waals surface area contributed by atoms with E-state index < -0.39 is 6.09 Å². The Kier molecular flexibility index (Phi) is 5.61. The molecule has 2 N–H and O–H groups in total. The molecule has 0 atom stereocenters. The molecule has 0 spiro atoms. The monoisotopic (exact) mass is 405 g/mol. The van der Waals surface area contributed by atoms with Crippen LogP contribution in [0.15, 0.2) is 47.5 Å². The van der Waals surface area contributed by atoms with Gasteiger partial charge in [-0.15, -0.1) is 4.58 Å². The maximum atomic E-state index is 12.6. The summed E-state index contributed by atoms with van der Waals surface area (Å²) in [6.07, 6.45) is 3.40. The van der Waals surface area contributed by atoms with Crippen LogP contribution in [0, 0.1) is 0 Å². The summed E-state index contributed by atoms with van der Waals surface area (Å²) in [5, 5.41) is 0. The molecule has 7 heteroatoms. The summed E-state index contributed by atoms with van der Waals surface area (Å²) in [5.41, 5.74) is 10.1. The molecule has 1 saturated heterocycles. The minimum absolute atomic E-state index is 0.0872. The first-order valence-corrected chi connectivity index (χ1v) is 10.2. The molecule has 0 radical (unpaired) electrons. The van der Waals surface area contributed by atoms with Gasteiger partial charge in [-0.25, -0.2) is 4.99 Å². The Hall–Kier alpha value is -3.48. The summed E-state index contributed by atoms with van der Waals surface area (Å²) in [7, 11) is 0. The SMILES string of the molecule is CCOC(=O)[N+]1=Cc2cc(-c3ccc(C(=O)N4CCCC4)cc3)ccc2N=C(N)C1. The number of rotatable bonds is 3. The first-order valence-electron chi connectivity index (χ1n) is 10.2. The predicted molar refractivity (Wildman–Crippen MR) is 116 cm³/mol. The fourth-order valence-electron chi connectivity index (χ4n) is 3.75. The Bertz CT molecular complexity index is 1030. The molecule has 2 aromatic rings. The highest BCUT2D eigenvalue weighted by Gasteiger charge is 2.24. The maximum Gasteiger partial charge on any atom is 0.596 e. The number of benzene rings is 2. The summed E-state index contributed by atoms with van der Waals surface area (Å²) >= 11 is 0. The molecule has 0 aliphatic carbocycles. The molecule has 4 rings (SSSR count). The zero-order valence-electron chi connectivity index (χ0n) is 17.0. The first-order chi connectivity index (χ1) is 14.5. The van der Waals surface area contributed by atoms with Crippen LogP contribution >= 0.6 is 0 Å². The van der Waals surface area contributed by atoms with Gasteiger partial charge in [0.25, 0.3) is 5.91 Å². The molecule has 2 aliphatic rings. The average Bonchev–Trinajstić information content (AvgIpc) is 3.23. The Morgan fingerprint density at radius 3 is 2.50 bits per heavy atom. The van der Waals surface area contributed by atoms with Crippen molar-refractivity contribution in [1.29, 1.82) is 0 Å². The highest BCUT2D eigenvalue weighted by molar-refractivity contribution is 5.96. The van der Waals surface area contributed by atoms with Crippen molar-refractivity contribution in [1.82, 2.24) is 4.90 Å². The van der Waals surface area contributed by atoms with Crippen LogP contribution in [-0.4, -0.2) is 59.8 Å². The van der Waals surface area contributed by atoms with Gasteiger partial charge in [-0.05, 0) is 55.2 Å². The lowest BCUT2D eigenvalue weighted by molar-refractivity contribution is -0.425. The number of nitrogens with two attached hydrogens (primary N) is 1. The fourth-order valence-corrected chi connectivity index (χ4v) is 3.75. The van der Waals surface area contributed by atoms with Crippen molar-refractivity contribution in [2.75, 3.05) is 26.2 Å². The van der Waals surface area contributed by atoms with E-state index in [1.54, 1.807) is 13.1 Å². The van der Waals surface area contributed by atoms with Gasteiger partial charge in [0, 0.05) is 18.7 Å². The number of likely N-dealkylation sites (tertiary alicyclic amines) is 1. The fraction of sp³-hybridized carbons (Fsp3) is 0.304. The van der Waals surface area contributed by atoms with E-state index in [1.807, 2.05) is 47.4 Å². The third-order valence-corrected chi connectivity index (χ3v) is 5.28. The molecule has 0 unspecified atom stereocenters. The molecule has 7 nitrogen and oxygen atoms in total. The van der Waals surface area contributed by atoms with E-state index in [4.69, 9.17) is 10.5 Å². The van der Waals surface area contributed by atoms with Crippen molar-refractivity contribution in [3.05, 3.63) is 53.6 Å². The van der Waals surface area contributed by atoms with E-state index in [0.29, 0.717) is 17.1 Å². The minimum atomic E-state index is -0.460. The van der Waals surface area contributed by atoms with Crippen molar-refractivity contribution >= 4 is 29.7 Å². The van der Waals surface area contributed by atoms with Crippen molar-refractivity contribution in [2.24, 2.45) is 10.7 Å². The third-order valence-electron chi connectivity index (χ3n) is 5.28. The third kappa shape index (κ3) is 4.10. The quantitative estimate of drug-likeness (QED) is 0.795. The largest absolute Gasteiger partial charge is 0.596 e. The molecule has 0 bridgehead atoms. The highest BCUT2D eigenvalue weighted by Crippen LogP contribution is 2.27. The number of carbonyl (C=O) groups is 2. The van der Waals surface area contributed by atoms with E-state index in [-0.39, 0.29) is 19.1 Å². The topological polar surface area (TPSA) is 88.0 Å². The van der Waals surface area contributed by atoms with E-state index >= 15 is 0 Å². The summed E-state index contributed by atoms with van der Waals surface area (Å²) in [5.74, 6) is 0.430. The number of hydrogen-bond acceptors (Lipinski definition) is 5. The van der Waals surface area contributed by atoms with E-state index in [9.17, 15) is 9.59 Å². The molecule has 2 aromatic carbocycles. The molecular formula is C23H25N4O3+. The second-order valence-electron chi connectivity index (χ2n) is 7.41. The van der Waals surface area contributed by atoms with Crippen LogP contribution in [0.25, 0.3) is 11.1 Å². The number of amides is 2. The van der Waals surface area contributed by atoms with Crippen LogP contribution in [0.2, 0.25) is 0 Å². The van der Waals surface area contributed by atoms with Gasteiger partial charge < -0.3 is 15.4 Å². The number of nitrogens with zero attached hydrogens (tertiary/aromatic N) is 3. The molecule has 1 fully saturated rings. The predicted octanol–water partition coefficient (Wildman–Crippen LogP) is 3.18. The van der Waals surface area contributed by atoms with Gasteiger partial charge in [0.05, 0.1) is 17.9 Å². The van der Waals surface area contributed by atoms with E-state index in [0.717, 1.165) is 42.6 Å². The number of fused-ring (bicyclic) bond motifs is 1. The number of aliphatic imine (C=N–C) groups is 1. The number of carbonyl (C=O) groups excluding carboxylic acids is 2. The van der Waals surface area contributed by atoms with Gasteiger partial charge in [0.1, 0.15) is 0 Å². The molecular weight excluding hydrogens is 380 g/mol. The van der Waals surface area contributed by atoms with Crippen molar-refractivity contribution in [3.8, 4) is 11.1 Å². The van der Waals surface area contributed by atoms with Gasteiger partial charge >= 0.3 is 6.09 Å². The summed E-state index contributed by atoms with van der Waals surface area (Å²) < 4.78 is 6.53. The van der Waals surface area contributed by atoms with Gasteiger partial charge in [-0.2, -0.15) is 4.79 Å². The van der Waals surface area contributed by atoms with Crippen LogP contribution in [0.4, 0.5) is 10.5 Å². The number of amidine groups is 1. The van der Waals surface area contributed by atoms with Crippen LogP contribution in [0.5, 0.6) is 0 Å². The summed E-state index contributed by atoms with van der Waals surface area (Å²) in [6, 6.07) is 13.4. The Labute approximate surface area is 175 Å². The Balaban J connectivity index is 1.63. The van der Waals surface area contributed by atoms with E-state index in [2.05, 4.69) is 4.99 Å². The molecule has 30 heavy (non-hydrogen) atoms. The summed E-state index contributed by atoms with van der Waals surface area (Å²) in [4.78, 5) is 31.1. The van der Waals surface area contributed by atoms with Crippen molar-refractivity contribution in [2.45, 2.75) is 19.8 Å². The van der Waals surface area contributed by atoms with Gasteiger partial charge in [0.15, 0.2) is 12.1 Å². The zero-order chi connectivity index (χ0) is 21.1. The standard InChI is InChI=1S/C23H24N4O3/c1-2-30-23(29)27-14-19-13-18(9-10-20(19)25-21(24)15-27)16-5-7-17(8-6-16)22(28)26-11-3-4-12-26/h5-10,13-14,24H,2-4,11-12,15H2,1H3/p+1. The summed E-state index contributed by atoms with van der Waals surface area (Å²) in [6.45, 7) is 3.90. The lowest BCUT2D eigenvalue weighted by Gasteiger charge is -2.15. The van der Waals surface area contributed by atoms with E-state index in [1.165, 1.54) is 4.58 Å². The van der Waals surface area contributed by atoms with Gasteiger partial charge in [0.2, 0.25) is 6.54 Å². The van der Waals surface area contributed by atoms with Crippen LogP contribution < -0.4 is 5.73 Å². The molecule has 0 saturated carbocycles. The Morgan fingerprint density at radius 2 is 1.80 bits per heavy atom. The molecule has 154 valence electrons. The lowest BCUT2D eigenvalue weighted by atomic mass is 10.0. The molecule has 0 aromatic heterocycles. The van der Waals surface area contributed by atoms with Gasteiger partial charge in [-0.1, -0.05) is 18.2 Å². The Morgan fingerprint density at radius 1 is 1.10 bits per heavy atom. The second-order valence-corrected chi connectivity index (χ2v) is 7.41. The van der Waals surface area contributed by atoms with Gasteiger partial charge in [-0.3, -0.25) is 4.79 Å². The van der Waals surface area contributed by atoms with Crippen LogP contribution in [-0.2, 0) is 4.74 Å². The van der Waals surface area contributed by atoms with Crippen LogP contribution in [0.3, 0.4) is 0 Å². The molecule has 2 amide bonds. The molecule has 2 aliphatic heterocycles. The minimum Gasteiger partial charge on any atom is -0.412 e. The average molecular weight is 405 g/mol. The normalized spacial score (nSPS) is 15.7. The zero-order valence-corrected chi connectivity index (χ0v) is 17.0. The van der Waals surface area contributed by atoms with Crippen molar-refractivity contribution in [3.63, 3.8) is 0 Å². The van der Waals surface area contributed by atoms with Crippen molar-refractivity contribution < 1.29 is 18.9 Å². The lowest BCUT2D eigenvalue weighted by Crippen LogP contribution is -2.31. The first kappa shape index (κ1) is 19.8. The van der Waals surface area contributed by atoms with Crippen LogP contribution in [0.1, 0.15) is 35.7 Å².